The van der Waals surface area contributed by atoms with Crippen molar-refractivity contribution < 1.29 is 0 Å². The number of aromatic nitrogens is 1. The van der Waals surface area contributed by atoms with Crippen molar-refractivity contribution in [3.05, 3.63) is 15.6 Å². The second kappa shape index (κ2) is 4.78. The maximum absolute atomic E-state index is 9.49. The molecule has 1 aliphatic rings. The molecule has 1 heterocycles. The molecule has 2 nitrogen and oxygen atoms in total. The van der Waals surface area contributed by atoms with Crippen molar-refractivity contribution in [2.45, 2.75) is 52.9 Å². The van der Waals surface area contributed by atoms with Gasteiger partial charge in [-0.15, -0.1) is 11.3 Å². The summed E-state index contributed by atoms with van der Waals surface area (Å²) in [5.74, 6) is 0.788. The molecule has 0 saturated heterocycles. The van der Waals surface area contributed by atoms with Gasteiger partial charge < -0.3 is 0 Å². The number of nitriles is 1. The van der Waals surface area contributed by atoms with Crippen molar-refractivity contribution in [3.63, 3.8) is 0 Å². The summed E-state index contributed by atoms with van der Waals surface area (Å²) in [6, 6.07) is 2.58. The largest absolute Gasteiger partial charge is 0.246 e. The molecule has 0 bridgehead atoms. The quantitative estimate of drug-likeness (QED) is 0.792. The van der Waals surface area contributed by atoms with Crippen LogP contribution < -0.4 is 0 Å². The third-order valence-electron chi connectivity index (χ3n) is 4.03. The van der Waals surface area contributed by atoms with Crippen molar-refractivity contribution in [3.8, 4) is 6.07 Å². The van der Waals surface area contributed by atoms with Gasteiger partial charge in [-0.3, -0.25) is 0 Å². The van der Waals surface area contributed by atoms with E-state index in [1.54, 1.807) is 11.3 Å². The summed E-state index contributed by atoms with van der Waals surface area (Å²) in [5, 5.41) is 10.6. The van der Waals surface area contributed by atoms with Gasteiger partial charge in [0.1, 0.15) is 0 Å². The summed E-state index contributed by atoms with van der Waals surface area (Å²) in [6.45, 7) is 6.45. The van der Waals surface area contributed by atoms with Crippen LogP contribution >= 0.6 is 11.3 Å². The molecule has 2 rings (SSSR count). The predicted octanol–water partition coefficient (Wildman–Crippen LogP) is 4.02. The summed E-state index contributed by atoms with van der Waals surface area (Å²) in [7, 11) is 0. The third kappa shape index (κ3) is 2.69. The van der Waals surface area contributed by atoms with E-state index in [9.17, 15) is 5.26 Å². The Kier molecular flexibility index (Phi) is 3.53. The van der Waals surface area contributed by atoms with E-state index in [4.69, 9.17) is 0 Å². The van der Waals surface area contributed by atoms with Gasteiger partial charge in [0, 0.05) is 11.3 Å². The zero-order valence-electron chi connectivity index (χ0n) is 10.9. The van der Waals surface area contributed by atoms with Gasteiger partial charge in [-0.2, -0.15) is 5.26 Å². The minimum Gasteiger partial charge on any atom is -0.246 e. The molecule has 1 fully saturated rings. The van der Waals surface area contributed by atoms with Crippen LogP contribution in [0.4, 0.5) is 0 Å². The van der Waals surface area contributed by atoms with Crippen molar-refractivity contribution >= 4 is 11.3 Å². The molecule has 1 aromatic heterocycles. The molecule has 0 amide bonds. The number of rotatable bonds is 2. The number of hydrogen-bond acceptors (Lipinski definition) is 3. The Labute approximate surface area is 108 Å². The van der Waals surface area contributed by atoms with Crippen molar-refractivity contribution in [2.75, 3.05) is 0 Å². The molecule has 3 heteroatoms. The fourth-order valence-corrected chi connectivity index (χ4v) is 3.62. The lowest BCUT2D eigenvalue weighted by Crippen LogP contribution is -2.27. The zero-order chi connectivity index (χ0) is 12.5. The zero-order valence-corrected chi connectivity index (χ0v) is 11.7. The SMILES string of the molecule is Cc1nc(CC2(C#N)CCC(C)CC2)sc1C. The lowest BCUT2D eigenvalue weighted by Gasteiger charge is -2.33. The van der Waals surface area contributed by atoms with Crippen LogP contribution in [-0.4, -0.2) is 4.98 Å². The van der Waals surface area contributed by atoms with E-state index >= 15 is 0 Å². The Hall–Kier alpha value is -0.880. The molecule has 0 aliphatic heterocycles. The van der Waals surface area contributed by atoms with Crippen LogP contribution in [0, 0.1) is 36.5 Å². The molecule has 1 aromatic rings. The van der Waals surface area contributed by atoms with E-state index in [1.807, 2.05) is 0 Å². The van der Waals surface area contributed by atoms with Crippen molar-refractivity contribution in [1.82, 2.24) is 4.98 Å². The van der Waals surface area contributed by atoms with Crippen LogP contribution in [0.5, 0.6) is 0 Å². The fraction of sp³-hybridized carbons (Fsp3) is 0.714. The Morgan fingerprint density at radius 1 is 1.41 bits per heavy atom. The summed E-state index contributed by atoms with van der Waals surface area (Å²) < 4.78 is 0. The van der Waals surface area contributed by atoms with Crippen LogP contribution in [0.3, 0.4) is 0 Å². The van der Waals surface area contributed by atoms with Gasteiger partial charge in [-0.05, 0) is 45.4 Å². The summed E-state index contributed by atoms with van der Waals surface area (Å²) in [5.41, 5.74) is 0.991. The molecule has 92 valence electrons. The summed E-state index contributed by atoms with van der Waals surface area (Å²) >= 11 is 1.76. The average Bonchev–Trinajstić information content (AvgIpc) is 2.62. The van der Waals surface area contributed by atoms with Crippen LogP contribution in [-0.2, 0) is 6.42 Å². The molecular weight excluding hydrogens is 228 g/mol. The summed E-state index contributed by atoms with van der Waals surface area (Å²) in [4.78, 5) is 5.87. The summed E-state index contributed by atoms with van der Waals surface area (Å²) in [6.07, 6.45) is 5.33. The number of hydrogen-bond donors (Lipinski definition) is 0. The number of aryl methyl sites for hydroxylation is 2. The molecule has 0 unspecified atom stereocenters. The van der Waals surface area contributed by atoms with Crippen LogP contribution in [0.25, 0.3) is 0 Å². The Morgan fingerprint density at radius 2 is 2.06 bits per heavy atom. The average molecular weight is 248 g/mol. The minimum absolute atomic E-state index is 0.136. The molecule has 17 heavy (non-hydrogen) atoms. The molecule has 0 spiro atoms. The first-order valence-corrected chi connectivity index (χ1v) is 7.20. The van der Waals surface area contributed by atoms with Crippen LogP contribution in [0.15, 0.2) is 0 Å². The van der Waals surface area contributed by atoms with Gasteiger partial charge in [0.2, 0.25) is 0 Å². The monoisotopic (exact) mass is 248 g/mol. The van der Waals surface area contributed by atoms with E-state index in [2.05, 4.69) is 31.8 Å². The molecule has 0 N–H and O–H groups in total. The molecule has 0 atom stereocenters. The van der Waals surface area contributed by atoms with Gasteiger partial charge in [-0.25, -0.2) is 4.98 Å². The Morgan fingerprint density at radius 3 is 2.53 bits per heavy atom. The highest BCUT2D eigenvalue weighted by Crippen LogP contribution is 2.41. The molecule has 0 aromatic carbocycles. The maximum Gasteiger partial charge on any atom is 0.0946 e. The predicted molar refractivity (Wildman–Crippen MR) is 71.0 cm³/mol. The lowest BCUT2D eigenvalue weighted by atomic mass is 9.70. The Bertz CT molecular complexity index is 414. The first-order chi connectivity index (χ1) is 8.04. The normalized spacial score (nSPS) is 28.9. The van der Waals surface area contributed by atoms with Gasteiger partial charge >= 0.3 is 0 Å². The highest BCUT2D eigenvalue weighted by molar-refractivity contribution is 7.11. The van der Waals surface area contributed by atoms with Crippen LogP contribution in [0.1, 0.15) is 48.2 Å². The van der Waals surface area contributed by atoms with Gasteiger partial charge in [0.15, 0.2) is 0 Å². The second-order valence-corrected chi connectivity index (χ2v) is 6.79. The maximum atomic E-state index is 9.49. The topological polar surface area (TPSA) is 36.7 Å². The van der Waals surface area contributed by atoms with E-state index in [-0.39, 0.29) is 5.41 Å². The van der Waals surface area contributed by atoms with Gasteiger partial charge in [-0.1, -0.05) is 6.92 Å². The molecule has 1 saturated carbocycles. The standard InChI is InChI=1S/C14H20N2S/c1-10-4-6-14(9-15,7-5-10)8-13-16-11(2)12(3)17-13/h10H,4-8H2,1-3H3. The van der Waals surface area contributed by atoms with Gasteiger partial charge in [0.05, 0.1) is 22.2 Å². The smallest absolute Gasteiger partial charge is 0.0946 e. The number of nitrogens with zero attached hydrogens (tertiary/aromatic N) is 2. The van der Waals surface area contributed by atoms with E-state index in [0.717, 1.165) is 35.9 Å². The molecule has 1 aliphatic carbocycles. The highest BCUT2D eigenvalue weighted by Gasteiger charge is 2.35. The van der Waals surface area contributed by atoms with Crippen molar-refractivity contribution in [1.29, 1.82) is 5.26 Å². The molecule has 0 radical (unpaired) electrons. The van der Waals surface area contributed by atoms with Crippen LogP contribution in [0.2, 0.25) is 0 Å². The van der Waals surface area contributed by atoms with Gasteiger partial charge in [0.25, 0.3) is 0 Å². The van der Waals surface area contributed by atoms with E-state index < -0.39 is 0 Å². The third-order valence-corrected chi connectivity index (χ3v) is 5.10. The fourth-order valence-electron chi connectivity index (χ4n) is 2.55. The lowest BCUT2D eigenvalue weighted by molar-refractivity contribution is 0.218. The first-order valence-electron chi connectivity index (χ1n) is 6.39. The second-order valence-electron chi connectivity index (χ2n) is 5.50. The highest BCUT2D eigenvalue weighted by atomic mass is 32.1. The number of thiazole rings is 1. The Balaban J connectivity index is 2.12. The van der Waals surface area contributed by atoms with E-state index in [0.29, 0.717) is 0 Å². The van der Waals surface area contributed by atoms with Crippen molar-refractivity contribution in [2.24, 2.45) is 11.3 Å². The minimum atomic E-state index is -0.136. The first kappa shape index (κ1) is 12.6. The van der Waals surface area contributed by atoms with E-state index in [1.165, 1.54) is 17.7 Å². The molecular formula is C14H20N2S.